The molecule has 1 aromatic heterocycles. The molecule has 0 saturated carbocycles. The molecule has 0 aliphatic carbocycles. The van der Waals surface area contributed by atoms with Gasteiger partial charge in [0.25, 0.3) is 0 Å². The second-order valence-electron chi connectivity index (χ2n) is 6.25. The quantitative estimate of drug-likeness (QED) is 0.760. The van der Waals surface area contributed by atoms with Gasteiger partial charge in [-0.2, -0.15) is 0 Å². The van der Waals surface area contributed by atoms with E-state index < -0.39 is 10.0 Å². The highest BCUT2D eigenvalue weighted by molar-refractivity contribution is 7.89. The molecule has 0 spiro atoms. The maximum absolute atomic E-state index is 12.5. The van der Waals surface area contributed by atoms with E-state index >= 15 is 0 Å². The number of rotatable bonds is 5. The van der Waals surface area contributed by atoms with Crippen LogP contribution in [0.15, 0.2) is 53.4 Å². The Labute approximate surface area is 148 Å². The van der Waals surface area contributed by atoms with E-state index in [4.69, 9.17) is 0 Å². The van der Waals surface area contributed by atoms with Crippen molar-refractivity contribution in [1.29, 1.82) is 0 Å². The van der Waals surface area contributed by atoms with E-state index in [1.54, 1.807) is 26.2 Å². The summed E-state index contributed by atoms with van der Waals surface area (Å²) in [4.78, 5) is 5.80. The van der Waals surface area contributed by atoms with E-state index in [2.05, 4.69) is 22.9 Å². The zero-order valence-corrected chi connectivity index (χ0v) is 15.8. The van der Waals surface area contributed by atoms with Crippen LogP contribution in [0.3, 0.4) is 0 Å². The molecular weight excluding hydrogens is 334 g/mol. The normalized spacial score (nSPS) is 12.0. The number of anilines is 1. The number of hydrogen-bond donors (Lipinski definition) is 1. The van der Waals surface area contributed by atoms with Crippen LogP contribution >= 0.6 is 0 Å². The van der Waals surface area contributed by atoms with Crippen LogP contribution in [0.1, 0.15) is 6.92 Å². The molecule has 1 heterocycles. The predicted octanol–water partition coefficient (Wildman–Crippen LogP) is 3.54. The molecular formula is C19H23N3O2S. The maximum atomic E-state index is 12.5. The van der Waals surface area contributed by atoms with Gasteiger partial charge in [-0.25, -0.2) is 12.7 Å². The van der Waals surface area contributed by atoms with Crippen molar-refractivity contribution in [2.75, 3.05) is 32.6 Å². The largest absolute Gasteiger partial charge is 0.374 e. The molecule has 1 N–H and O–H groups in total. The number of nitrogens with one attached hydrogen (secondary N) is 1. The summed E-state index contributed by atoms with van der Waals surface area (Å²) >= 11 is 0. The van der Waals surface area contributed by atoms with E-state index in [0.717, 1.165) is 34.4 Å². The lowest BCUT2D eigenvalue weighted by Crippen LogP contribution is -2.23. The molecule has 0 unspecified atom stereocenters. The van der Waals surface area contributed by atoms with Gasteiger partial charge >= 0.3 is 0 Å². The lowest BCUT2D eigenvalue weighted by atomic mass is 10.1. The maximum Gasteiger partial charge on any atom is 0.242 e. The minimum absolute atomic E-state index is 0.291. The molecule has 3 aromatic rings. The minimum atomic E-state index is -3.49. The second-order valence-corrected chi connectivity index (χ2v) is 8.40. The van der Waals surface area contributed by atoms with Crippen molar-refractivity contribution in [2.45, 2.75) is 11.8 Å². The molecule has 0 atom stereocenters. The molecule has 3 rings (SSSR count). The van der Waals surface area contributed by atoms with Crippen molar-refractivity contribution in [1.82, 2.24) is 9.29 Å². The summed E-state index contributed by atoms with van der Waals surface area (Å²) in [7, 11) is 1.61. The lowest BCUT2D eigenvalue weighted by Gasteiger charge is -2.22. The summed E-state index contributed by atoms with van der Waals surface area (Å²) in [5.41, 5.74) is 3.81. The van der Waals surface area contributed by atoms with E-state index in [9.17, 15) is 8.42 Å². The number of benzene rings is 2. The fourth-order valence-corrected chi connectivity index (χ4v) is 3.75. The topological polar surface area (TPSA) is 56.4 Å². The lowest BCUT2D eigenvalue weighted by molar-refractivity contribution is 0.521. The van der Waals surface area contributed by atoms with Crippen LogP contribution in [0, 0.1) is 0 Å². The zero-order chi connectivity index (χ0) is 18.2. The van der Waals surface area contributed by atoms with Crippen LogP contribution in [0.25, 0.3) is 22.2 Å². The third-order valence-electron chi connectivity index (χ3n) is 4.45. The number of aromatic nitrogens is 1. The fraction of sp³-hybridized carbons (Fsp3) is 0.263. The SMILES string of the molecule is CCN(C)c1ccc(S(=O)(=O)N(C)C)cc1-c1cc2ccccc2[nH]1. The van der Waals surface area contributed by atoms with E-state index in [1.165, 1.54) is 4.31 Å². The first-order valence-electron chi connectivity index (χ1n) is 8.20. The van der Waals surface area contributed by atoms with Crippen molar-refractivity contribution in [3.8, 4) is 11.3 Å². The van der Waals surface area contributed by atoms with Gasteiger partial charge in [-0.15, -0.1) is 0 Å². The van der Waals surface area contributed by atoms with Crippen molar-refractivity contribution >= 4 is 26.6 Å². The van der Waals surface area contributed by atoms with Crippen molar-refractivity contribution < 1.29 is 8.42 Å². The number of nitrogens with zero attached hydrogens (tertiary/aromatic N) is 2. The third kappa shape index (κ3) is 3.15. The Bertz CT molecular complexity index is 973. The Morgan fingerprint density at radius 2 is 1.72 bits per heavy atom. The first kappa shape index (κ1) is 17.5. The third-order valence-corrected chi connectivity index (χ3v) is 6.26. The second kappa shape index (κ2) is 6.54. The number of sulfonamides is 1. The average molecular weight is 357 g/mol. The molecule has 0 radical (unpaired) electrons. The Hall–Kier alpha value is -2.31. The summed E-state index contributed by atoms with van der Waals surface area (Å²) in [5, 5.41) is 1.10. The molecule has 0 amide bonds. The summed E-state index contributed by atoms with van der Waals surface area (Å²) in [6.07, 6.45) is 0. The van der Waals surface area contributed by atoms with Gasteiger partial charge in [0.1, 0.15) is 0 Å². The van der Waals surface area contributed by atoms with E-state index in [-0.39, 0.29) is 0 Å². The standard InChI is InChI=1S/C19H23N3O2S/c1-5-22(4)19-11-10-15(25(23,24)21(2)3)13-16(19)18-12-14-8-6-7-9-17(14)20-18/h6-13,20H,5H2,1-4H3. The molecule has 5 nitrogen and oxygen atoms in total. The van der Waals surface area contributed by atoms with Crippen LogP contribution in [-0.2, 0) is 10.0 Å². The smallest absolute Gasteiger partial charge is 0.242 e. The highest BCUT2D eigenvalue weighted by Crippen LogP contribution is 2.34. The van der Waals surface area contributed by atoms with Gasteiger partial charge in [-0.1, -0.05) is 18.2 Å². The Balaban J connectivity index is 2.24. The number of H-pyrrole nitrogens is 1. The van der Waals surface area contributed by atoms with Gasteiger partial charge in [0.05, 0.1) is 4.90 Å². The van der Waals surface area contributed by atoms with Gasteiger partial charge in [-0.3, -0.25) is 0 Å². The highest BCUT2D eigenvalue weighted by Gasteiger charge is 2.20. The first-order valence-corrected chi connectivity index (χ1v) is 9.64. The Morgan fingerprint density at radius 1 is 1.00 bits per heavy atom. The number of hydrogen-bond acceptors (Lipinski definition) is 3. The van der Waals surface area contributed by atoms with E-state index in [1.807, 2.05) is 37.4 Å². The predicted molar refractivity (Wildman–Crippen MR) is 104 cm³/mol. The molecule has 132 valence electrons. The molecule has 0 aliphatic heterocycles. The Morgan fingerprint density at radius 3 is 2.36 bits per heavy atom. The van der Waals surface area contributed by atoms with Crippen LogP contribution in [-0.4, -0.2) is 45.4 Å². The van der Waals surface area contributed by atoms with Crippen LogP contribution in [0.4, 0.5) is 5.69 Å². The summed E-state index contributed by atoms with van der Waals surface area (Å²) in [6.45, 7) is 2.90. The first-order chi connectivity index (χ1) is 11.8. The van der Waals surface area contributed by atoms with Gasteiger partial charge in [0.2, 0.25) is 10.0 Å². The Kier molecular flexibility index (Phi) is 4.58. The van der Waals surface area contributed by atoms with Crippen LogP contribution in [0.2, 0.25) is 0 Å². The molecule has 0 fully saturated rings. The van der Waals surface area contributed by atoms with Crippen LogP contribution < -0.4 is 4.90 Å². The monoisotopic (exact) mass is 357 g/mol. The molecule has 0 bridgehead atoms. The van der Waals surface area contributed by atoms with Crippen molar-refractivity contribution in [3.05, 3.63) is 48.5 Å². The highest BCUT2D eigenvalue weighted by atomic mass is 32.2. The molecule has 0 saturated heterocycles. The van der Waals surface area contributed by atoms with Crippen molar-refractivity contribution in [3.63, 3.8) is 0 Å². The van der Waals surface area contributed by atoms with Crippen LogP contribution in [0.5, 0.6) is 0 Å². The summed E-state index contributed by atoms with van der Waals surface area (Å²) < 4.78 is 26.3. The molecule has 6 heteroatoms. The fourth-order valence-electron chi connectivity index (χ4n) is 2.82. The van der Waals surface area contributed by atoms with Crippen molar-refractivity contribution in [2.24, 2.45) is 0 Å². The molecule has 2 aromatic carbocycles. The van der Waals surface area contributed by atoms with Gasteiger partial charge in [0, 0.05) is 55.5 Å². The van der Waals surface area contributed by atoms with Gasteiger partial charge < -0.3 is 9.88 Å². The average Bonchev–Trinajstić information content (AvgIpc) is 3.04. The minimum Gasteiger partial charge on any atom is -0.374 e. The number of para-hydroxylation sites is 1. The molecule has 25 heavy (non-hydrogen) atoms. The number of aromatic amines is 1. The molecule has 0 aliphatic rings. The zero-order valence-electron chi connectivity index (χ0n) is 14.9. The van der Waals surface area contributed by atoms with Gasteiger partial charge in [0.15, 0.2) is 0 Å². The van der Waals surface area contributed by atoms with E-state index in [0.29, 0.717) is 4.90 Å². The summed E-state index contributed by atoms with van der Waals surface area (Å²) in [6, 6.07) is 15.4. The number of fused-ring (bicyclic) bond motifs is 1. The summed E-state index contributed by atoms with van der Waals surface area (Å²) in [5.74, 6) is 0. The van der Waals surface area contributed by atoms with Gasteiger partial charge in [-0.05, 0) is 37.3 Å².